The second kappa shape index (κ2) is 16.6. The first-order valence-corrected chi connectivity index (χ1v) is 16.3. The molecule has 252 valence electrons. The third-order valence-electron chi connectivity index (χ3n) is 8.26. The maximum atomic E-state index is 14.1. The number of fused-ring (bicyclic) bond motifs is 3. The number of anilines is 1. The van der Waals surface area contributed by atoms with Gasteiger partial charge in [0.1, 0.15) is 5.82 Å². The van der Waals surface area contributed by atoms with Crippen LogP contribution < -0.4 is 10.6 Å². The zero-order valence-electron chi connectivity index (χ0n) is 27.7. The summed E-state index contributed by atoms with van der Waals surface area (Å²) in [6.07, 6.45) is 4.72. The second-order valence-electron chi connectivity index (χ2n) is 12.8. The van der Waals surface area contributed by atoms with E-state index in [4.69, 9.17) is 10.1 Å². The van der Waals surface area contributed by atoms with Crippen molar-refractivity contribution in [1.82, 2.24) is 15.2 Å². The molecule has 0 unspecified atom stereocenters. The fourth-order valence-electron chi connectivity index (χ4n) is 6.02. The Kier molecular flexibility index (Phi) is 12.6. The van der Waals surface area contributed by atoms with Crippen LogP contribution in [0.2, 0.25) is 0 Å². The molecule has 0 aliphatic heterocycles. The van der Waals surface area contributed by atoms with Crippen molar-refractivity contribution >= 4 is 23.8 Å². The molecule has 0 saturated heterocycles. The van der Waals surface area contributed by atoms with Gasteiger partial charge < -0.3 is 30.9 Å². The van der Waals surface area contributed by atoms with Gasteiger partial charge in [0.05, 0.1) is 30.0 Å². The lowest BCUT2D eigenvalue weighted by molar-refractivity contribution is -0.139. The molecule has 1 heterocycles. The van der Waals surface area contributed by atoms with Crippen LogP contribution in [0.25, 0.3) is 28.5 Å². The number of carboxylic acid groups (broad SMARTS) is 1. The minimum absolute atomic E-state index is 0.0112. The SMILES string of the molecule is CC(C)c1nc2c(c(-c3ccc(F)cc3)c1C=C[C@@H](O)C[C@@H](O)CC(=O)O)CCCc1cc(NC(=O)NCCCCN(C)C)ccc1-2. The number of carbonyl (C=O) groups excluding carboxylic acids is 1. The molecule has 2 amide bonds. The molecule has 0 saturated carbocycles. The first-order valence-electron chi connectivity index (χ1n) is 16.3. The Balaban J connectivity index is 1.71. The van der Waals surface area contributed by atoms with Crippen molar-refractivity contribution < 1.29 is 29.3 Å². The zero-order chi connectivity index (χ0) is 34.1. The highest BCUT2D eigenvalue weighted by Crippen LogP contribution is 2.42. The van der Waals surface area contributed by atoms with E-state index >= 15 is 0 Å². The molecule has 2 aromatic carbocycles. The molecule has 2 atom stereocenters. The molecule has 1 aromatic heterocycles. The van der Waals surface area contributed by atoms with E-state index in [1.54, 1.807) is 24.3 Å². The summed E-state index contributed by atoms with van der Waals surface area (Å²) in [5.74, 6) is -1.49. The number of pyridine rings is 1. The molecule has 1 aliphatic carbocycles. The average Bonchev–Trinajstić information content (AvgIpc) is 3.17. The number of rotatable bonds is 14. The maximum absolute atomic E-state index is 14.1. The van der Waals surface area contributed by atoms with Crippen molar-refractivity contribution in [3.05, 3.63) is 76.7 Å². The lowest BCUT2D eigenvalue weighted by Gasteiger charge is -2.22. The number of urea groups is 1. The number of aryl methyl sites for hydroxylation is 1. The Bertz CT molecular complexity index is 1570. The minimum Gasteiger partial charge on any atom is -0.481 e. The van der Waals surface area contributed by atoms with Crippen molar-refractivity contribution in [3.8, 4) is 22.4 Å². The summed E-state index contributed by atoms with van der Waals surface area (Å²) in [5.41, 5.74) is 7.91. The third kappa shape index (κ3) is 9.93. The van der Waals surface area contributed by atoms with Crippen LogP contribution in [0.3, 0.4) is 0 Å². The highest BCUT2D eigenvalue weighted by Gasteiger charge is 2.26. The van der Waals surface area contributed by atoms with Crippen LogP contribution in [-0.4, -0.2) is 76.6 Å². The standard InChI is InChI=1S/C37H47FN4O5/c1-23(2)35-32(17-15-28(43)21-29(44)22-33(45)46)34(24-10-12-26(38)13-11-24)31-9-7-8-25-20-27(14-16-30(25)36(31)41-35)40-37(47)39-18-5-6-19-42(3)4/h10-17,20,23,28-29,43-44H,5-9,18-19,21-22H2,1-4H3,(H,45,46)(H2,39,40,47)/t28-,29-/m1/s1. The number of nitrogens with one attached hydrogen (secondary N) is 2. The summed E-state index contributed by atoms with van der Waals surface area (Å²) in [7, 11) is 4.06. The third-order valence-corrected chi connectivity index (χ3v) is 8.26. The van der Waals surface area contributed by atoms with Crippen LogP contribution in [0.4, 0.5) is 14.9 Å². The molecular weight excluding hydrogens is 599 g/mol. The number of hydrogen-bond donors (Lipinski definition) is 5. The topological polar surface area (TPSA) is 135 Å². The van der Waals surface area contributed by atoms with Crippen LogP contribution in [0.5, 0.6) is 0 Å². The summed E-state index contributed by atoms with van der Waals surface area (Å²) >= 11 is 0. The van der Waals surface area contributed by atoms with Gasteiger partial charge in [0.2, 0.25) is 0 Å². The summed E-state index contributed by atoms with van der Waals surface area (Å²) in [6, 6.07) is 12.0. The van der Waals surface area contributed by atoms with Gasteiger partial charge >= 0.3 is 12.0 Å². The summed E-state index contributed by atoms with van der Waals surface area (Å²) in [5, 5.41) is 35.6. The fraction of sp³-hybridized carbons (Fsp3) is 0.432. The Morgan fingerprint density at radius 3 is 2.49 bits per heavy atom. The highest BCUT2D eigenvalue weighted by molar-refractivity contribution is 5.91. The van der Waals surface area contributed by atoms with E-state index in [-0.39, 0.29) is 24.2 Å². The molecule has 5 N–H and O–H groups in total. The Morgan fingerprint density at radius 1 is 1.06 bits per heavy atom. The van der Waals surface area contributed by atoms with Crippen LogP contribution in [-0.2, 0) is 17.6 Å². The Labute approximate surface area is 276 Å². The lowest BCUT2D eigenvalue weighted by atomic mass is 9.86. The van der Waals surface area contributed by atoms with E-state index in [1.165, 1.54) is 12.1 Å². The van der Waals surface area contributed by atoms with E-state index < -0.39 is 24.6 Å². The lowest BCUT2D eigenvalue weighted by Crippen LogP contribution is -2.30. The monoisotopic (exact) mass is 646 g/mol. The molecule has 0 radical (unpaired) electrons. The number of halogens is 1. The number of aliphatic carboxylic acids is 1. The smallest absolute Gasteiger partial charge is 0.319 e. The van der Waals surface area contributed by atoms with Gasteiger partial charge in [-0.2, -0.15) is 0 Å². The van der Waals surface area contributed by atoms with Gasteiger partial charge in [-0.15, -0.1) is 0 Å². The van der Waals surface area contributed by atoms with E-state index in [0.29, 0.717) is 18.7 Å². The fourth-order valence-corrected chi connectivity index (χ4v) is 6.02. The van der Waals surface area contributed by atoms with Gasteiger partial charge in [-0.25, -0.2) is 9.18 Å². The number of aliphatic hydroxyl groups excluding tert-OH is 2. The van der Waals surface area contributed by atoms with Crippen molar-refractivity contribution in [2.24, 2.45) is 0 Å². The van der Waals surface area contributed by atoms with Crippen LogP contribution in [0.15, 0.2) is 48.5 Å². The number of carboxylic acids is 1. The number of amides is 2. The summed E-state index contributed by atoms with van der Waals surface area (Å²) < 4.78 is 14.1. The quantitative estimate of drug-likeness (QED) is 0.131. The van der Waals surface area contributed by atoms with Crippen molar-refractivity contribution in [2.75, 3.05) is 32.5 Å². The Hall–Kier alpha value is -4.12. The van der Waals surface area contributed by atoms with Crippen molar-refractivity contribution in [1.29, 1.82) is 0 Å². The van der Waals surface area contributed by atoms with E-state index in [0.717, 1.165) is 77.0 Å². The first kappa shape index (κ1) is 35.7. The van der Waals surface area contributed by atoms with E-state index in [1.807, 2.05) is 46.1 Å². The Morgan fingerprint density at radius 2 is 1.81 bits per heavy atom. The predicted molar refractivity (Wildman–Crippen MR) is 184 cm³/mol. The van der Waals surface area contributed by atoms with Crippen molar-refractivity contribution in [3.63, 3.8) is 0 Å². The van der Waals surface area contributed by atoms with Crippen LogP contribution in [0.1, 0.15) is 74.3 Å². The van der Waals surface area contributed by atoms with Crippen LogP contribution >= 0.6 is 0 Å². The number of hydrogen-bond acceptors (Lipinski definition) is 6. The van der Waals surface area contributed by atoms with Crippen LogP contribution in [0, 0.1) is 5.82 Å². The van der Waals surface area contributed by atoms with Gasteiger partial charge in [0.25, 0.3) is 0 Å². The molecule has 4 rings (SSSR count). The molecule has 10 heteroatoms. The van der Waals surface area contributed by atoms with Gasteiger partial charge in [0.15, 0.2) is 0 Å². The maximum Gasteiger partial charge on any atom is 0.319 e. The molecular formula is C37H47FN4O5. The number of unbranched alkanes of at least 4 members (excludes halogenated alkanes) is 1. The number of nitrogens with zero attached hydrogens (tertiary/aromatic N) is 2. The molecule has 1 aliphatic rings. The highest BCUT2D eigenvalue weighted by atomic mass is 19.1. The summed E-state index contributed by atoms with van der Waals surface area (Å²) in [6.45, 7) is 5.65. The molecule has 9 nitrogen and oxygen atoms in total. The number of benzene rings is 2. The molecule has 47 heavy (non-hydrogen) atoms. The second-order valence-corrected chi connectivity index (χ2v) is 12.8. The minimum atomic E-state index is -1.19. The summed E-state index contributed by atoms with van der Waals surface area (Å²) in [4.78, 5) is 30.9. The average molecular weight is 647 g/mol. The van der Waals surface area contributed by atoms with Gasteiger partial charge in [-0.1, -0.05) is 44.2 Å². The molecule has 0 bridgehead atoms. The van der Waals surface area contributed by atoms with Gasteiger partial charge in [-0.3, -0.25) is 9.78 Å². The largest absolute Gasteiger partial charge is 0.481 e. The van der Waals surface area contributed by atoms with Gasteiger partial charge in [-0.05, 0) is 105 Å². The van der Waals surface area contributed by atoms with Gasteiger partial charge in [0, 0.05) is 29.8 Å². The zero-order valence-corrected chi connectivity index (χ0v) is 27.7. The first-order chi connectivity index (χ1) is 22.4. The molecule has 0 spiro atoms. The number of carbonyl (C=O) groups is 2. The molecule has 0 fully saturated rings. The normalized spacial score (nSPS) is 14.1. The van der Waals surface area contributed by atoms with Crippen molar-refractivity contribution in [2.45, 2.75) is 76.9 Å². The number of aliphatic hydroxyl groups is 2. The number of aromatic nitrogens is 1. The van der Waals surface area contributed by atoms with E-state index in [2.05, 4.69) is 15.5 Å². The van der Waals surface area contributed by atoms with E-state index in [9.17, 15) is 24.2 Å². The molecule has 3 aromatic rings. The predicted octanol–water partition coefficient (Wildman–Crippen LogP) is 6.23.